The monoisotopic (exact) mass is 384 g/mol. The fourth-order valence-electron chi connectivity index (χ4n) is 3.77. The lowest BCUT2D eigenvalue weighted by Gasteiger charge is -2.16. The zero-order chi connectivity index (χ0) is 19.8. The first-order valence-corrected chi connectivity index (χ1v) is 9.16. The van der Waals surface area contributed by atoms with E-state index in [4.69, 9.17) is 5.11 Å². The minimum atomic E-state index is -0.489. The zero-order valence-electron chi connectivity index (χ0n) is 15.1. The largest absolute Gasteiger partial charge is 0.395 e. The van der Waals surface area contributed by atoms with Crippen LogP contribution in [0.25, 0.3) is 0 Å². The Morgan fingerprint density at radius 1 is 1.07 bits per heavy atom. The Bertz CT molecular complexity index is 857. The van der Waals surface area contributed by atoms with E-state index in [2.05, 4.69) is 5.32 Å². The van der Waals surface area contributed by atoms with Crippen molar-refractivity contribution in [1.29, 1.82) is 0 Å². The van der Waals surface area contributed by atoms with Crippen molar-refractivity contribution in [2.24, 2.45) is 0 Å². The molecule has 0 radical (unpaired) electrons. The average molecular weight is 384 g/mol. The highest BCUT2D eigenvalue weighted by atomic mass is 16.3. The van der Waals surface area contributed by atoms with Crippen LogP contribution in [0.5, 0.6) is 0 Å². The molecule has 3 aliphatic heterocycles. The SMILES string of the molecule is O=C1C=C(Nc2ccc(CN3C(=O)C4CCCN4C3=O)cc2)C(=O)N1CCO. The number of imide groups is 2. The topological polar surface area (TPSA) is 110 Å². The lowest BCUT2D eigenvalue weighted by Crippen LogP contribution is -2.34. The number of urea groups is 1. The number of nitrogens with one attached hydrogen (secondary N) is 1. The van der Waals surface area contributed by atoms with E-state index in [9.17, 15) is 19.2 Å². The number of carbonyl (C=O) groups is 4. The molecule has 0 spiro atoms. The molecule has 28 heavy (non-hydrogen) atoms. The van der Waals surface area contributed by atoms with Crippen LogP contribution in [-0.4, -0.2) is 69.3 Å². The smallest absolute Gasteiger partial charge is 0.327 e. The molecule has 1 aromatic rings. The van der Waals surface area contributed by atoms with Crippen LogP contribution < -0.4 is 5.32 Å². The van der Waals surface area contributed by atoms with E-state index in [0.29, 0.717) is 12.2 Å². The van der Waals surface area contributed by atoms with Gasteiger partial charge < -0.3 is 15.3 Å². The molecule has 4 rings (SSSR count). The number of benzene rings is 1. The van der Waals surface area contributed by atoms with E-state index in [1.165, 1.54) is 11.0 Å². The van der Waals surface area contributed by atoms with E-state index < -0.39 is 11.8 Å². The van der Waals surface area contributed by atoms with Crippen LogP contribution >= 0.6 is 0 Å². The summed E-state index contributed by atoms with van der Waals surface area (Å²) in [7, 11) is 0. The summed E-state index contributed by atoms with van der Waals surface area (Å²) in [5.41, 5.74) is 1.52. The van der Waals surface area contributed by atoms with Crippen LogP contribution in [0.2, 0.25) is 0 Å². The minimum absolute atomic E-state index is 0.0474. The molecular weight excluding hydrogens is 364 g/mol. The summed E-state index contributed by atoms with van der Waals surface area (Å²) in [6.07, 6.45) is 2.78. The molecule has 146 valence electrons. The molecular formula is C19H20N4O5. The number of rotatable bonds is 6. The van der Waals surface area contributed by atoms with Gasteiger partial charge >= 0.3 is 6.03 Å². The van der Waals surface area contributed by atoms with Gasteiger partial charge in [-0.25, -0.2) is 4.79 Å². The van der Waals surface area contributed by atoms with Crippen LogP contribution in [0.1, 0.15) is 18.4 Å². The molecule has 5 amide bonds. The van der Waals surface area contributed by atoms with Crippen molar-refractivity contribution >= 4 is 29.4 Å². The van der Waals surface area contributed by atoms with Crippen molar-refractivity contribution in [2.45, 2.75) is 25.4 Å². The number of β-amino-alcohol motifs (C(OH)–C–C–N with tert-alkyl or cyclic N) is 1. The third kappa shape index (κ3) is 3.03. The van der Waals surface area contributed by atoms with Crippen LogP contribution in [0, 0.1) is 0 Å². The molecule has 0 aromatic heterocycles. The van der Waals surface area contributed by atoms with Gasteiger partial charge in [-0.15, -0.1) is 0 Å². The Labute approximate surface area is 161 Å². The van der Waals surface area contributed by atoms with Gasteiger partial charge in [-0.2, -0.15) is 0 Å². The summed E-state index contributed by atoms with van der Waals surface area (Å²) in [6.45, 7) is 0.493. The number of hydrogen-bond acceptors (Lipinski definition) is 6. The van der Waals surface area contributed by atoms with E-state index in [1.54, 1.807) is 29.2 Å². The Morgan fingerprint density at radius 3 is 2.50 bits per heavy atom. The second kappa shape index (κ2) is 7.08. The second-order valence-corrected chi connectivity index (χ2v) is 6.96. The normalized spacial score (nSPS) is 21.7. The summed E-state index contributed by atoms with van der Waals surface area (Å²) in [5.74, 6) is -1.10. The molecule has 3 aliphatic rings. The Hall–Kier alpha value is -3.20. The lowest BCUT2D eigenvalue weighted by molar-refractivity contribution is -0.137. The van der Waals surface area contributed by atoms with Gasteiger partial charge in [0.25, 0.3) is 17.7 Å². The highest BCUT2D eigenvalue weighted by Crippen LogP contribution is 2.28. The number of amides is 5. The summed E-state index contributed by atoms with van der Waals surface area (Å²) in [5, 5.41) is 11.8. The maximum atomic E-state index is 12.4. The lowest BCUT2D eigenvalue weighted by atomic mass is 10.1. The molecule has 0 aliphatic carbocycles. The van der Waals surface area contributed by atoms with Gasteiger partial charge in [0.1, 0.15) is 11.7 Å². The van der Waals surface area contributed by atoms with Gasteiger partial charge in [-0.1, -0.05) is 12.1 Å². The first-order chi connectivity index (χ1) is 13.5. The quantitative estimate of drug-likeness (QED) is 0.538. The number of hydrogen-bond donors (Lipinski definition) is 2. The van der Waals surface area contributed by atoms with Gasteiger partial charge in [0.2, 0.25) is 0 Å². The maximum absolute atomic E-state index is 12.4. The molecule has 3 heterocycles. The highest BCUT2D eigenvalue weighted by Gasteiger charge is 2.47. The number of aliphatic hydroxyl groups excluding tert-OH is 1. The number of anilines is 1. The first kappa shape index (κ1) is 18.2. The summed E-state index contributed by atoms with van der Waals surface area (Å²) >= 11 is 0. The van der Waals surface area contributed by atoms with Crippen molar-refractivity contribution in [3.05, 3.63) is 41.6 Å². The summed E-state index contributed by atoms with van der Waals surface area (Å²) in [4.78, 5) is 52.6. The van der Waals surface area contributed by atoms with E-state index in [-0.39, 0.29) is 43.4 Å². The Balaban J connectivity index is 1.40. The van der Waals surface area contributed by atoms with Crippen molar-refractivity contribution in [1.82, 2.24) is 14.7 Å². The Kier molecular flexibility index (Phi) is 4.60. The van der Waals surface area contributed by atoms with Crippen LogP contribution in [0.4, 0.5) is 10.5 Å². The number of fused-ring (bicyclic) bond motifs is 1. The third-order valence-electron chi connectivity index (χ3n) is 5.19. The molecule has 9 nitrogen and oxygen atoms in total. The molecule has 0 bridgehead atoms. The van der Waals surface area contributed by atoms with Crippen molar-refractivity contribution in [3.8, 4) is 0 Å². The van der Waals surface area contributed by atoms with Crippen molar-refractivity contribution < 1.29 is 24.3 Å². The standard InChI is InChI=1S/C19H20N4O5/c24-9-8-22-16(25)10-14(17(22)26)20-13-5-3-12(4-6-13)11-23-18(27)15-2-1-7-21(15)19(23)28/h3-6,10,15,20,24H,1-2,7-9,11H2. The van der Waals surface area contributed by atoms with Crippen LogP contribution in [0.3, 0.4) is 0 Å². The summed E-state index contributed by atoms with van der Waals surface area (Å²) in [6, 6.07) is 6.41. The van der Waals surface area contributed by atoms with Gasteiger partial charge in [0, 0.05) is 18.3 Å². The van der Waals surface area contributed by atoms with Gasteiger partial charge in [-0.3, -0.25) is 24.2 Å². The fraction of sp³-hybridized carbons (Fsp3) is 0.368. The number of nitrogens with zero attached hydrogens (tertiary/aromatic N) is 3. The average Bonchev–Trinajstić information content (AvgIpc) is 3.33. The van der Waals surface area contributed by atoms with Gasteiger partial charge in [0.05, 0.1) is 19.7 Å². The van der Waals surface area contributed by atoms with E-state index in [1.807, 2.05) is 0 Å². The zero-order valence-corrected chi connectivity index (χ0v) is 15.1. The molecule has 1 aromatic carbocycles. The van der Waals surface area contributed by atoms with Gasteiger partial charge in [-0.05, 0) is 30.5 Å². The molecule has 1 atom stereocenters. The molecule has 2 N–H and O–H groups in total. The molecule has 2 saturated heterocycles. The molecule has 0 saturated carbocycles. The second-order valence-electron chi connectivity index (χ2n) is 6.96. The van der Waals surface area contributed by atoms with E-state index >= 15 is 0 Å². The minimum Gasteiger partial charge on any atom is -0.395 e. The van der Waals surface area contributed by atoms with Crippen LogP contribution in [0.15, 0.2) is 36.0 Å². The predicted octanol–water partition coefficient (Wildman–Crippen LogP) is 0.270. The molecule has 9 heteroatoms. The third-order valence-corrected chi connectivity index (χ3v) is 5.19. The van der Waals surface area contributed by atoms with E-state index in [0.717, 1.165) is 23.3 Å². The maximum Gasteiger partial charge on any atom is 0.327 e. The number of carbonyl (C=O) groups excluding carboxylic acids is 4. The predicted molar refractivity (Wildman–Crippen MR) is 97.6 cm³/mol. The van der Waals surface area contributed by atoms with Gasteiger partial charge in [0.15, 0.2) is 0 Å². The van der Waals surface area contributed by atoms with Crippen molar-refractivity contribution in [2.75, 3.05) is 25.0 Å². The Morgan fingerprint density at radius 2 is 1.82 bits per heavy atom. The van der Waals surface area contributed by atoms with Crippen molar-refractivity contribution in [3.63, 3.8) is 0 Å². The van der Waals surface area contributed by atoms with Crippen LogP contribution in [-0.2, 0) is 20.9 Å². The molecule has 2 fully saturated rings. The fourth-order valence-corrected chi connectivity index (χ4v) is 3.77. The highest BCUT2D eigenvalue weighted by molar-refractivity contribution is 6.17. The molecule has 1 unspecified atom stereocenters. The number of aliphatic hydroxyl groups is 1. The first-order valence-electron chi connectivity index (χ1n) is 9.16. The summed E-state index contributed by atoms with van der Waals surface area (Å²) < 4.78 is 0.